The number of carbonyl (C=O) groups excluding carboxylic acids is 1. The molecule has 0 atom stereocenters. The third-order valence-corrected chi connectivity index (χ3v) is 5.83. The number of hydrogen-bond acceptors (Lipinski definition) is 6. The van der Waals surface area contributed by atoms with E-state index < -0.39 is 0 Å². The van der Waals surface area contributed by atoms with E-state index in [1.54, 1.807) is 0 Å². The molecule has 0 aliphatic rings. The fourth-order valence-corrected chi connectivity index (χ4v) is 4.50. The van der Waals surface area contributed by atoms with Gasteiger partial charge in [0.05, 0.1) is 16.6 Å². The molecule has 3 aromatic heterocycles. The number of aryl methyl sites for hydroxylation is 2. The number of carbonyl (C=O) groups is 1. The summed E-state index contributed by atoms with van der Waals surface area (Å²) in [6.07, 6.45) is 0. The zero-order chi connectivity index (χ0) is 18.0. The van der Waals surface area contributed by atoms with Crippen molar-refractivity contribution in [3.8, 4) is 0 Å². The van der Waals surface area contributed by atoms with Crippen molar-refractivity contribution in [2.24, 2.45) is 0 Å². The topological polar surface area (TPSA) is 63.4 Å². The number of thioether (sulfide) groups is 1. The number of nitrogens with zero attached hydrogens (tertiary/aromatic N) is 5. The lowest BCUT2D eigenvalue weighted by Crippen LogP contribution is -2.31. The van der Waals surface area contributed by atoms with Gasteiger partial charge in [-0.2, -0.15) is 0 Å². The summed E-state index contributed by atoms with van der Waals surface area (Å²) < 4.78 is 2.61. The van der Waals surface area contributed by atoms with E-state index in [-0.39, 0.29) is 5.91 Å². The van der Waals surface area contributed by atoms with Crippen LogP contribution in [0.15, 0.2) is 23.4 Å². The number of hydrogen-bond donors (Lipinski definition) is 0. The van der Waals surface area contributed by atoms with Crippen LogP contribution in [0.5, 0.6) is 0 Å². The van der Waals surface area contributed by atoms with Gasteiger partial charge in [0.2, 0.25) is 5.91 Å². The molecule has 0 bridgehead atoms. The van der Waals surface area contributed by atoms with Gasteiger partial charge in [-0.05, 0) is 39.0 Å². The minimum atomic E-state index is 0.0616. The first-order valence-electron chi connectivity index (χ1n) is 7.82. The van der Waals surface area contributed by atoms with Crippen LogP contribution in [-0.4, -0.2) is 42.7 Å². The highest BCUT2D eigenvalue weighted by atomic mass is 35.5. The number of halogens is 1. The summed E-state index contributed by atoms with van der Waals surface area (Å²) >= 11 is 8.84. The van der Waals surface area contributed by atoms with Crippen molar-refractivity contribution in [1.82, 2.24) is 24.5 Å². The molecule has 0 saturated carbocycles. The molecule has 9 heteroatoms. The molecule has 6 nitrogen and oxygen atoms in total. The molecule has 0 spiro atoms. The van der Waals surface area contributed by atoms with Crippen molar-refractivity contribution in [3.63, 3.8) is 0 Å². The summed E-state index contributed by atoms with van der Waals surface area (Å²) in [5.41, 5.74) is 1.90. The van der Waals surface area contributed by atoms with Gasteiger partial charge in [-0.3, -0.25) is 9.20 Å². The van der Waals surface area contributed by atoms with E-state index in [4.69, 9.17) is 11.6 Å². The Bertz CT molecular complexity index is 907. The van der Waals surface area contributed by atoms with Crippen LogP contribution in [0.25, 0.3) is 5.78 Å². The van der Waals surface area contributed by atoms with Crippen LogP contribution in [0.3, 0.4) is 0 Å². The minimum Gasteiger partial charge on any atom is -0.337 e. The smallest absolute Gasteiger partial charge is 0.256 e. The van der Waals surface area contributed by atoms with Crippen molar-refractivity contribution in [1.29, 1.82) is 0 Å². The van der Waals surface area contributed by atoms with Gasteiger partial charge in [0.15, 0.2) is 5.16 Å². The minimum absolute atomic E-state index is 0.0616. The summed E-state index contributed by atoms with van der Waals surface area (Å²) in [6, 6.07) is 5.79. The van der Waals surface area contributed by atoms with E-state index in [2.05, 4.69) is 15.2 Å². The van der Waals surface area contributed by atoms with E-state index in [1.165, 1.54) is 23.1 Å². The SMILES string of the molecule is CCN(Cc1ccc(Cl)s1)C(=O)CSc1nnc2nc(C)cc(C)n12. The van der Waals surface area contributed by atoms with Gasteiger partial charge in [-0.15, -0.1) is 21.5 Å². The van der Waals surface area contributed by atoms with Gasteiger partial charge in [0, 0.05) is 22.8 Å². The van der Waals surface area contributed by atoms with E-state index >= 15 is 0 Å². The zero-order valence-electron chi connectivity index (χ0n) is 14.2. The summed E-state index contributed by atoms with van der Waals surface area (Å²) in [5.74, 6) is 0.931. The highest BCUT2D eigenvalue weighted by Crippen LogP contribution is 2.24. The highest BCUT2D eigenvalue weighted by Gasteiger charge is 2.16. The molecule has 3 rings (SSSR count). The fraction of sp³-hybridized carbons (Fsp3) is 0.375. The van der Waals surface area contributed by atoms with Crippen LogP contribution in [0.4, 0.5) is 0 Å². The van der Waals surface area contributed by atoms with Gasteiger partial charge >= 0.3 is 0 Å². The van der Waals surface area contributed by atoms with Crippen molar-refractivity contribution in [2.45, 2.75) is 32.5 Å². The normalized spacial score (nSPS) is 11.2. The van der Waals surface area contributed by atoms with Gasteiger partial charge in [0.1, 0.15) is 0 Å². The molecule has 3 heterocycles. The Hall–Kier alpha value is -1.64. The molecule has 0 saturated heterocycles. The molecule has 25 heavy (non-hydrogen) atoms. The van der Waals surface area contributed by atoms with E-state index in [0.29, 0.717) is 29.8 Å². The molecular weight excluding hydrogens is 378 g/mol. The Morgan fingerprint density at radius 3 is 2.84 bits per heavy atom. The van der Waals surface area contributed by atoms with Crippen LogP contribution in [-0.2, 0) is 11.3 Å². The first-order chi connectivity index (χ1) is 12.0. The predicted molar refractivity (Wildman–Crippen MR) is 101 cm³/mol. The Labute approximate surface area is 159 Å². The number of fused-ring (bicyclic) bond motifs is 1. The number of amides is 1. The average molecular weight is 396 g/mol. The summed E-state index contributed by atoms with van der Waals surface area (Å²) in [6.45, 7) is 7.10. The fourth-order valence-electron chi connectivity index (χ4n) is 2.51. The van der Waals surface area contributed by atoms with Crippen molar-refractivity contribution < 1.29 is 4.79 Å². The molecule has 0 radical (unpaired) electrons. The Kier molecular flexibility index (Phi) is 5.61. The highest BCUT2D eigenvalue weighted by molar-refractivity contribution is 7.99. The second-order valence-electron chi connectivity index (χ2n) is 5.56. The van der Waals surface area contributed by atoms with Crippen molar-refractivity contribution >= 4 is 46.4 Å². The van der Waals surface area contributed by atoms with Crippen LogP contribution >= 0.6 is 34.7 Å². The van der Waals surface area contributed by atoms with Crippen LogP contribution < -0.4 is 0 Å². The molecule has 0 aliphatic heterocycles. The molecule has 1 amide bonds. The molecule has 0 fully saturated rings. The second kappa shape index (κ2) is 7.72. The first kappa shape index (κ1) is 18.2. The number of thiophene rings is 1. The lowest BCUT2D eigenvalue weighted by molar-refractivity contribution is -0.128. The van der Waals surface area contributed by atoms with E-state index in [1.807, 2.05) is 48.3 Å². The average Bonchev–Trinajstić information content (AvgIpc) is 3.16. The summed E-state index contributed by atoms with van der Waals surface area (Å²) in [7, 11) is 0. The predicted octanol–water partition coefficient (Wildman–Crippen LogP) is 3.60. The second-order valence-corrected chi connectivity index (χ2v) is 8.30. The van der Waals surface area contributed by atoms with Gasteiger partial charge in [-0.25, -0.2) is 4.98 Å². The Morgan fingerprint density at radius 1 is 1.36 bits per heavy atom. The quantitative estimate of drug-likeness (QED) is 0.597. The largest absolute Gasteiger partial charge is 0.337 e. The molecule has 0 N–H and O–H groups in total. The standard InChI is InChI=1S/C16H18ClN5OS2/c1-4-21(8-12-5-6-13(17)25-12)14(23)9-24-16-20-19-15-18-10(2)7-11(3)22(15)16/h5-7H,4,8-9H2,1-3H3. The van der Waals surface area contributed by atoms with Crippen LogP contribution in [0.2, 0.25) is 4.34 Å². The maximum absolute atomic E-state index is 12.6. The van der Waals surface area contributed by atoms with Crippen LogP contribution in [0, 0.1) is 13.8 Å². The number of rotatable bonds is 6. The Morgan fingerprint density at radius 2 is 2.16 bits per heavy atom. The Balaban J connectivity index is 1.69. The lowest BCUT2D eigenvalue weighted by atomic mass is 10.3. The molecule has 0 aromatic carbocycles. The van der Waals surface area contributed by atoms with Crippen molar-refractivity contribution in [3.05, 3.63) is 38.8 Å². The van der Waals surface area contributed by atoms with E-state index in [0.717, 1.165) is 20.6 Å². The van der Waals surface area contributed by atoms with Crippen LogP contribution in [0.1, 0.15) is 23.2 Å². The van der Waals surface area contributed by atoms with E-state index in [9.17, 15) is 4.79 Å². The maximum atomic E-state index is 12.6. The first-order valence-corrected chi connectivity index (χ1v) is 10.00. The van der Waals surface area contributed by atoms with Gasteiger partial charge in [0.25, 0.3) is 5.78 Å². The van der Waals surface area contributed by atoms with Gasteiger partial charge in [-0.1, -0.05) is 23.4 Å². The van der Waals surface area contributed by atoms with Gasteiger partial charge < -0.3 is 4.90 Å². The molecular formula is C16H18ClN5OS2. The molecule has 132 valence electrons. The lowest BCUT2D eigenvalue weighted by Gasteiger charge is -2.19. The monoisotopic (exact) mass is 395 g/mol. The third kappa shape index (κ3) is 4.13. The zero-order valence-corrected chi connectivity index (χ0v) is 16.6. The third-order valence-electron chi connectivity index (χ3n) is 3.70. The molecule has 0 aliphatic carbocycles. The maximum Gasteiger partial charge on any atom is 0.256 e. The van der Waals surface area contributed by atoms with Crippen molar-refractivity contribution in [2.75, 3.05) is 12.3 Å². The number of aromatic nitrogens is 4. The molecule has 0 unspecified atom stereocenters. The summed E-state index contributed by atoms with van der Waals surface area (Å²) in [5, 5.41) is 8.95. The molecule has 3 aromatic rings. The summed E-state index contributed by atoms with van der Waals surface area (Å²) in [4.78, 5) is 19.8.